The Bertz CT molecular complexity index is 1390. The summed E-state index contributed by atoms with van der Waals surface area (Å²) in [5, 5.41) is 0. The van der Waals surface area contributed by atoms with Crippen molar-refractivity contribution in [1.29, 1.82) is 0 Å². The van der Waals surface area contributed by atoms with Gasteiger partial charge in [0.05, 0.1) is 34.2 Å². The second-order valence-electron chi connectivity index (χ2n) is 10.2. The maximum absolute atomic E-state index is 4.42. The number of nitrogens with zero attached hydrogens (tertiary/aromatic N) is 8. The van der Waals surface area contributed by atoms with Gasteiger partial charge in [-0.1, -0.05) is 36.4 Å². The second-order valence-corrected chi connectivity index (χ2v) is 10.2. The van der Waals surface area contributed by atoms with Crippen molar-refractivity contribution in [2.45, 2.75) is 39.3 Å². The minimum Gasteiger partial charge on any atom is -2.00 e. The molecule has 0 aliphatic heterocycles. The van der Waals surface area contributed by atoms with Gasteiger partial charge in [0.2, 0.25) is 0 Å². The van der Waals surface area contributed by atoms with E-state index >= 15 is 0 Å². The van der Waals surface area contributed by atoms with Gasteiger partial charge in [0.1, 0.15) is 0 Å². The van der Waals surface area contributed by atoms with Crippen LogP contribution in [0.4, 0.5) is 0 Å². The predicted molar refractivity (Wildman–Crippen MR) is 189 cm³/mol. The monoisotopic (exact) mass is 1910 g/mol. The number of aromatic nitrogens is 6. The third-order valence-corrected chi connectivity index (χ3v) is 6.67. The molecule has 0 radical (unpaired) electrons. The molecule has 80 heavy (non-hydrogen) atoms. The molecule has 6 rings (SSSR count). The zero-order valence-electron chi connectivity index (χ0n) is 40.0. The fraction of sp³-hybridized carbons (Fsp3) is 0.167. The Morgan fingerprint density at radius 1 is 0.188 bits per heavy atom. The van der Waals surface area contributed by atoms with Gasteiger partial charge in [-0.15, -0.1) is 0 Å². The smallest absolute Gasteiger partial charge is 2.00 e. The molecule has 0 saturated heterocycles. The Hall–Kier alpha value is 0.533. The van der Waals surface area contributed by atoms with Crippen LogP contribution >= 0.6 is 0 Å². The fourth-order valence-electron chi connectivity index (χ4n) is 4.66. The summed E-state index contributed by atoms with van der Waals surface area (Å²) in [6.45, 7) is 4.63. The molecule has 0 amide bonds. The summed E-state index contributed by atoms with van der Waals surface area (Å²) >= 11 is 0. The van der Waals surface area contributed by atoms with Crippen LogP contribution in [0.25, 0.3) is 0 Å². The summed E-state index contributed by atoms with van der Waals surface area (Å²) in [6, 6.07) is 36.0. The molecule has 0 N–H and O–H groups in total. The van der Waals surface area contributed by atoms with Gasteiger partial charge in [-0.2, -0.15) is 0 Å². The largest absolute Gasteiger partial charge is 2.00 e. The van der Waals surface area contributed by atoms with Gasteiger partial charge in [0, 0.05) is 245 Å². The first kappa shape index (κ1) is 216. The van der Waals surface area contributed by atoms with Crippen LogP contribution in [0, 0.1) is 0 Å². The van der Waals surface area contributed by atoms with E-state index in [4.69, 9.17) is 0 Å². The van der Waals surface area contributed by atoms with E-state index in [1.54, 1.807) is 0 Å². The molecular weight excluding hydrogens is 1860 g/mol. The van der Waals surface area contributed by atoms with E-state index in [2.05, 4.69) is 39.7 Å². The Morgan fingerprint density at radius 2 is 0.287 bits per heavy atom. The molecule has 0 unspecified atom stereocenters. The second kappa shape index (κ2) is 134. The predicted octanol–water partition coefficient (Wildman–Crippen LogP) is 3.03. The van der Waals surface area contributed by atoms with Gasteiger partial charge in [-0.3, -0.25) is 39.7 Å². The summed E-state index contributed by atoms with van der Waals surface area (Å²) < 4.78 is 0. The van der Waals surface area contributed by atoms with Crippen molar-refractivity contribution in [3.05, 3.63) is 181 Å². The van der Waals surface area contributed by atoms with Crippen molar-refractivity contribution in [3.63, 3.8) is 0 Å². The summed E-state index contributed by atoms with van der Waals surface area (Å²) in [5.41, 5.74) is 6.30. The topological polar surface area (TPSA) is 825 Å². The minimum atomic E-state index is 0. The zero-order valence-corrected chi connectivity index (χ0v) is 62.0. The van der Waals surface area contributed by atoms with Gasteiger partial charge < -0.3 is 142 Å². The summed E-state index contributed by atoms with van der Waals surface area (Å²) in [5.74, 6) is 0. The molecular formula is C36H36Mo8N8O26Zn2-48. The first-order valence-electron chi connectivity index (χ1n) is 14.6. The third kappa shape index (κ3) is 89.7. The van der Waals surface area contributed by atoms with Gasteiger partial charge in [0.25, 0.3) is 0 Å². The van der Waals surface area contributed by atoms with Crippen LogP contribution in [-0.2, 0) is 389 Å². The van der Waals surface area contributed by atoms with Crippen LogP contribution in [0.5, 0.6) is 0 Å². The molecule has 6 aromatic heterocycles. The third-order valence-electron chi connectivity index (χ3n) is 6.67. The number of rotatable bonds is 12. The van der Waals surface area contributed by atoms with E-state index in [1.165, 1.54) is 0 Å². The molecule has 0 aromatic carbocycles. The fourth-order valence-corrected chi connectivity index (χ4v) is 4.66. The average Bonchev–Trinajstić information content (AvgIpc) is 3.08. The van der Waals surface area contributed by atoms with E-state index in [1.807, 2.05) is 146 Å². The SMILES string of the molecule is [Mo].[Mo].[Mo].[Mo].[Mo].[Mo].[Mo].[Mo].[O-2].[O-2].[O-2].[O-2].[O-2].[O-2].[O-2].[O-2].[O-2].[O-2].[O-2].[O-2].[O-2].[O-2].[O-2].[O-2].[O-2].[O-2].[O-2].[O-2].[O-2].[O-2].[O-2].[O-2].[O-2].[O-2].[Zn+2].[Zn+2].c1ccc(CN(Cc2ccccn2)Cc2ccccn2)nc1.c1ccc(CN(Cc2ccccn2)Cc2ccccn2)nc1. The molecule has 0 bridgehead atoms. The maximum atomic E-state index is 4.42. The number of pyridine rings is 6. The van der Waals surface area contributed by atoms with Crippen molar-refractivity contribution in [1.82, 2.24) is 39.7 Å². The molecule has 0 spiro atoms. The van der Waals surface area contributed by atoms with E-state index in [0.717, 1.165) is 73.4 Å². The number of hydrogen-bond donors (Lipinski definition) is 0. The van der Waals surface area contributed by atoms with Crippen molar-refractivity contribution in [2.75, 3.05) is 0 Å². The molecule has 6 aromatic rings. The molecule has 476 valence electrons. The Labute approximate surface area is 602 Å². The van der Waals surface area contributed by atoms with Gasteiger partial charge in [-0.25, -0.2) is 0 Å². The molecule has 0 saturated carbocycles. The van der Waals surface area contributed by atoms with Crippen LogP contribution in [0.1, 0.15) is 34.2 Å². The van der Waals surface area contributed by atoms with Gasteiger partial charge in [0.15, 0.2) is 0 Å². The molecule has 44 heteroatoms. The van der Waals surface area contributed by atoms with Crippen molar-refractivity contribution in [2.24, 2.45) is 0 Å². The first-order valence-corrected chi connectivity index (χ1v) is 14.6. The standard InChI is InChI=1S/2C18H18N4.8Mo.26O.2Zn/c2*1-4-10-19-16(7-1)13-22(14-17-8-2-5-11-20-17)15-18-9-3-6-12-21-18;;;;;;;;;;;;;;;;;;;;;;;;;;;;;;;;;;;;/h2*1-12H,13-15H2;;;;;;;;;;;;;;;;;;;;;;;;;;;;;;;;;;;;/q;;;;;;;;;;26*-2;2*+2. The first-order chi connectivity index (χ1) is 21.8. The van der Waals surface area contributed by atoms with Crippen LogP contribution in [0.2, 0.25) is 0 Å². The molecule has 0 fully saturated rings. The van der Waals surface area contributed by atoms with E-state index < -0.39 is 0 Å². The summed E-state index contributed by atoms with van der Waals surface area (Å²) in [4.78, 5) is 31.1. The quantitative estimate of drug-likeness (QED) is 0.164. The summed E-state index contributed by atoms with van der Waals surface area (Å²) in [7, 11) is 0. The van der Waals surface area contributed by atoms with E-state index in [-0.39, 0.29) is 350 Å². The average molecular weight is 1900 g/mol. The summed E-state index contributed by atoms with van der Waals surface area (Å²) in [6.07, 6.45) is 11.0. The minimum absolute atomic E-state index is 0. The normalized spacial score (nSPS) is 5.92. The van der Waals surface area contributed by atoms with Crippen LogP contribution in [0.3, 0.4) is 0 Å². The molecule has 0 atom stereocenters. The maximum Gasteiger partial charge on any atom is 2.00 e. The van der Waals surface area contributed by atoms with Gasteiger partial charge >= 0.3 is 39.0 Å². The van der Waals surface area contributed by atoms with Gasteiger partial charge in [-0.05, 0) is 72.8 Å². The van der Waals surface area contributed by atoms with E-state index in [0.29, 0.717) is 0 Å². The van der Waals surface area contributed by atoms with Crippen molar-refractivity contribution < 1.29 is 350 Å². The Morgan fingerprint density at radius 3 is 0.362 bits per heavy atom. The molecule has 0 aliphatic rings. The molecule has 6 heterocycles. The van der Waals surface area contributed by atoms with Crippen molar-refractivity contribution >= 4 is 0 Å². The van der Waals surface area contributed by atoms with E-state index in [9.17, 15) is 0 Å². The molecule has 0 aliphatic carbocycles. The number of hydrogen-bond acceptors (Lipinski definition) is 8. The Balaban J connectivity index is -0.0000000132. The Kier molecular flexibility index (Phi) is 362. The van der Waals surface area contributed by atoms with Crippen molar-refractivity contribution in [3.8, 4) is 0 Å². The van der Waals surface area contributed by atoms with Crippen LogP contribution < -0.4 is 0 Å². The molecule has 34 nitrogen and oxygen atoms in total. The van der Waals surface area contributed by atoms with Crippen LogP contribution in [0.15, 0.2) is 146 Å². The zero-order chi connectivity index (χ0) is 30.1. The van der Waals surface area contributed by atoms with Crippen LogP contribution in [-0.4, -0.2) is 39.7 Å².